The van der Waals surface area contributed by atoms with Gasteiger partial charge in [0.25, 0.3) is 0 Å². The largest absolute Gasteiger partial charge is 0.391 e. The number of aromatic nitrogens is 1. The first kappa shape index (κ1) is 14.2. The average molecular weight is 286 g/mol. The van der Waals surface area contributed by atoms with Gasteiger partial charge in [-0.2, -0.15) is 4.31 Å². The molecule has 0 aromatic carbocycles. The minimum Gasteiger partial charge on any atom is -0.391 e. The molecule has 2 unspecified atom stereocenters. The Morgan fingerprint density at radius 1 is 1.58 bits per heavy atom. The Hall–Kier alpha value is -1.22. The number of aliphatic hydroxyl groups is 1. The number of nitrogens with one attached hydrogen (secondary N) is 1. The summed E-state index contributed by atoms with van der Waals surface area (Å²) in [6.45, 7) is 2.45. The molecular weight excluding hydrogens is 268 g/mol. The molecule has 1 aromatic heterocycles. The Balaban J connectivity index is 2.27. The van der Waals surface area contributed by atoms with Crippen molar-refractivity contribution in [2.75, 3.05) is 18.5 Å². The van der Waals surface area contributed by atoms with Gasteiger partial charge in [0.1, 0.15) is 5.82 Å². The lowest BCUT2D eigenvalue weighted by Gasteiger charge is -2.33. The van der Waals surface area contributed by atoms with Crippen molar-refractivity contribution >= 4 is 15.8 Å². The summed E-state index contributed by atoms with van der Waals surface area (Å²) < 4.78 is 26.2. The van der Waals surface area contributed by atoms with Crippen molar-refractivity contribution < 1.29 is 13.5 Å². The van der Waals surface area contributed by atoms with E-state index in [1.807, 2.05) is 6.92 Å². The molecule has 1 saturated heterocycles. The van der Waals surface area contributed by atoms with Crippen molar-refractivity contribution in [3.8, 4) is 0 Å². The number of hydrazine groups is 1. The molecule has 0 radical (unpaired) electrons. The van der Waals surface area contributed by atoms with E-state index in [2.05, 4.69) is 10.4 Å². The second-order valence-electron chi connectivity index (χ2n) is 4.72. The fourth-order valence-corrected chi connectivity index (χ4v) is 3.52. The number of aliphatic hydroxyl groups excluding tert-OH is 1. The lowest BCUT2D eigenvalue weighted by atomic mass is 9.98. The number of nitrogen functional groups attached to an aromatic ring is 1. The minimum atomic E-state index is -3.61. The van der Waals surface area contributed by atoms with E-state index in [1.54, 1.807) is 0 Å². The van der Waals surface area contributed by atoms with Gasteiger partial charge in [-0.1, -0.05) is 6.92 Å². The predicted octanol–water partition coefficient (Wildman–Crippen LogP) is -0.241. The van der Waals surface area contributed by atoms with E-state index in [4.69, 9.17) is 5.84 Å². The van der Waals surface area contributed by atoms with Crippen molar-refractivity contribution in [3.05, 3.63) is 18.3 Å². The zero-order valence-electron chi connectivity index (χ0n) is 10.7. The van der Waals surface area contributed by atoms with Gasteiger partial charge in [0.2, 0.25) is 10.0 Å². The van der Waals surface area contributed by atoms with E-state index in [0.717, 1.165) is 0 Å². The standard InChI is InChI=1S/C11H18N4O3S/c1-8-3-5-15(7-10(8)16)19(17,18)9-2-4-13-11(6-9)14-12/h2,4,6,8,10,16H,3,5,7,12H2,1H3,(H,13,14). The maximum Gasteiger partial charge on any atom is 0.243 e. The van der Waals surface area contributed by atoms with Gasteiger partial charge in [0, 0.05) is 25.4 Å². The van der Waals surface area contributed by atoms with E-state index in [0.29, 0.717) is 13.0 Å². The molecule has 2 atom stereocenters. The number of sulfonamides is 1. The lowest BCUT2D eigenvalue weighted by Crippen LogP contribution is -2.45. The molecule has 0 amide bonds. The van der Waals surface area contributed by atoms with Crippen LogP contribution >= 0.6 is 0 Å². The fourth-order valence-electron chi connectivity index (χ4n) is 2.04. The van der Waals surface area contributed by atoms with Gasteiger partial charge in [-0.25, -0.2) is 19.2 Å². The highest BCUT2D eigenvalue weighted by Gasteiger charge is 2.32. The molecule has 8 heteroatoms. The lowest BCUT2D eigenvalue weighted by molar-refractivity contribution is 0.0605. The summed E-state index contributed by atoms with van der Waals surface area (Å²) in [5.74, 6) is 5.62. The Morgan fingerprint density at radius 3 is 2.95 bits per heavy atom. The average Bonchev–Trinajstić information content (AvgIpc) is 2.41. The SMILES string of the molecule is CC1CCN(S(=O)(=O)c2ccnc(NN)c2)CC1O. The van der Waals surface area contributed by atoms with E-state index < -0.39 is 16.1 Å². The number of hydrogen-bond donors (Lipinski definition) is 3. The zero-order valence-corrected chi connectivity index (χ0v) is 11.5. The van der Waals surface area contributed by atoms with Gasteiger partial charge < -0.3 is 10.5 Å². The number of hydrogen-bond acceptors (Lipinski definition) is 6. The topological polar surface area (TPSA) is 109 Å². The van der Waals surface area contributed by atoms with Crippen LogP contribution in [0.3, 0.4) is 0 Å². The summed E-state index contributed by atoms with van der Waals surface area (Å²) in [5.41, 5.74) is 2.31. The monoisotopic (exact) mass is 286 g/mol. The summed E-state index contributed by atoms with van der Waals surface area (Å²) in [6.07, 6.45) is 1.40. The van der Waals surface area contributed by atoms with Crippen molar-refractivity contribution in [2.24, 2.45) is 11.8 Å². The van der Waals surface area contributed by atoms with E-state index >= 15 is 0 Å². The molecule has 2 rings (SSSR count). The first-order chi connectivity index (χ1) is 8.95. The molecule has 2 heterocycles. The highest BCUT2D eigenvalue weighted by Crippen LogP contribution is 2.24. The number of nitrogens with two attached hydrogens (primary N) is 1. The summed E-state index contributed by atoms with van der Waals surface area (Å²) in [5, 5.41) is 9.81. The number of pyridine rings is 1. The summed E-state index contributed by atoms with van der Waals surface area (Å²) in [6, 6.07) is 2.79. The third kappa shape index (κ3) is 2.86. The molecule has 0 saturated carbocycles. The third-order valence-corrected chi connectivity index (χ3v) is 5.26. The Kier molecular flexibility index (Phi) is 4.04. The molecule has 0 spiro atoms. The van der Waals surface area contributed by atoms with Crippen LogP contribution in [0.2, 0.25) is 0 Å². The maximum atomic E-state index is 12.4. The fraction of sp³-hybridized carbons (Fsp3) is 0.545. The van der Waals surface area contributed by atoms with Gasteiger partial charge >= 0.3 is 0 Å². The number of piperidine rings is 1. The Bertz CT molecular complexity index is 549. The van der Waals surface area contributed by atoms with Crippen LogP contribution in [0.15, 0.2) is 23.2 Å². The Morgan fingerprint density at radius 2 is 2.32 bits per heavy atom. The van der Waals surface area contributed by atoms with Gasteiger partial charge in [-0.15, -0.1) is 0 Å². The van der Waals surface area contributed by atoms with Crippen LogP contribution in [0.1, 0.15) is 13.3 Å². The van der Waals surface area contributed by atoms with E-state index in [-0.39, 0.29) is 23.2 Å². The van der Waals surface area contributed by atoms with Crippen molar-refractivity contribution in [1.82, 2.24) is 9.29 Å². The minimum absolute atomic E-state index is 0.116. The van der Waals surface area contributed by atoms with Crippen molar-refractivity contribution in [3.63, 3.8) is 0 Å². The number of rotatable bonds is 3. The van der Waals surface area contributed by atoms with Crippen LogP contribution in [-0.4, -0.2) is 42.0 Å². The van der Waals surface area contributed by atoms with Crippen LogP contribution < -0.4 is 11.3 Å². The molecule has 7 nitrogen and oxygen atoms in total. The highest BCUT2D eigenvalue weighted by molar-refractivity contribution is 7.89. The quantitative estimate of drug-likeness (QED) is 0.522. The third-order valence-electron chi connectivity index (χ3n) is 3.40. The molecule has 0 bridgehead atoms. The smallest absolute Gasteiger partial charge is 0.243 e. The van der Waals surface area contributed by atoms with Crippen LogP contribution in [-0.2, 0) is 10.0 Å². The molecule has 1 aliphatic heterocycles. The van der Waals surface area contributed by atoms with E-state index in [9.17, 15) is 13.5 Å². The molecule has 1 aliphatic rings. The summed E-state index contributed by atoms with van der Waals surface area (Å²) in [7, 11) is -3.61. The zero-order chi connectivity index (χ0) is 14.0. The number of nitrogens with zero attached hydrogens (tertiary/aromatic N) is 2. The Labute approximate surface area is 112 Å². The maximum absolute atomic E-state index is 12.4. The molecule has 106 valence electrons. The van der Waals surface area contributed by atoms with Crippen LogP contribution in [0.25, 0.3) is 0 Å². The van der Waals surface area contributed by atoms with Gasteiger partial charge in [-0.05, 0) is 18.4 Å². The van der Waals surface area contributed by atoms with Gasteiger partial charge in [-0.3, -0.25) is 0 Å². The second kappa shape index (κ2) is 5.41. The summed E-state index contributed by atoms with van der Waals surface area (Å²) in [4.78, 5) is 4.00. The van der Waals surface area contributed by atoms with Crippen LogP contribution in [0, 0.1) is 5.92 Å². The highest BCUT2D eigenvalue weighted by atomic mass is 32.2. The second-order valence-corrected chi connectivity index (χ2v) is 6.66. The molecular formula is C11H18N4O3S. The van der Waals surface area contributed by atoms with Gasteiger partial charge in [0.15, 0.2) is 0 Å². The van der Waals surface area contributed by atoms with Crippen LogP contribution in [0.5, 0.6) is 0 Å². The molecule has 1 fully saturated rings. The molecule has 1 aromatic rings. The molecule has 4 N–H and O–H groups in total. The predicted molar refractivity (Wildman–Crippen MR) is 70.6 cm³/mol. The molecule has 19 heavy (non-hydrogen) atoms. The normalized spacial score (nSPS) is 25.2. The first-order valence-corrected chi connectivity index (χ1v) is 7.50. The summed E-state index contributed by atoms with van der Waals surface area (Å²) >= 11 is 0. The van der Waals surface area contributed by atoms with Crippen LogP contribution in [0.4, 0.5) is 5.82 Å². The van der Waals surface area contributed by atoms with Crippen molar-refractivity contribution in [2.45, 2.75) is 24.3 Å². The number of anilines is 1. The molecule has 0 aliphatic carbocycles. The van der Waals surface area contributed by atoms with Gasteiger partial charge in [0.05, 0.1) is 11.0 Å². The van der Waals surface area contributed by atoms with Crippen molar-refractivity contribution in [1.29, 1.82) is 0 Å². The van der Waals surface area contributed by atoms with E-state index in [1.165, 1.54) is 22.6 Å². The number of β-amino-alcohol motifs (C(OH)–C–C–N with tert-alkyl or cyclic N) is 1. The first-order valence-electron chi connectivity index (χ1n) is 6.06.